The quantitative estimate of drug-likeness (QED) is 0.561. The molecular formula is C13H26. The lowest BCUT2D eigenvalue weighted by atomic mass is 9.81. The Labute approximate surface area is 84.1 Å². The lowest BCUT2D eigenvalue weighted by Gasteiger charge is -2.24. The molecule has 0 nitrogen and oxygen atoms in total. The molecule has 0 aromatic heterocycles. The molecule has 0 spiro atoms. The molecule has 1 fully saturated rings. The lowest BCUT2D eigenvalue weighted by molar-refractivity contribution is 0.261. The van der Waals surface area contributed by atoms with Gasteiger partial charge in [-0.05, 0) is 30.1 Å². The molecule has 0 bridgehead atoms. The highest BCUT2D eigenvalue weighted by atomic mass is 14.6. The molecule has 0 saturated heterocycles. The van der Waals surface area contributed by atoms with Gasteiger partial charge in [0, 0.05) is 0 Å². The first-order valence-electron chi connectivity index (χ1n) is 6.17. The first-order chi connectivity index (χ1) is 6.17. The Hall–Kier alpha value is 0. The third kappa shape index (κ3) is 2.27. The van der Waals surface area contributed by atoms with Crippen LogP contribution in [0.15, 0.2) is 0 Å². The third-order valence-corrected chi connectivity index (χ3v) is 4.21. The first-order valence-corrected chi connectivity index (χ1v) is 6.17. The summed E-state index contributed by atoms with van der Waals surface area (Å²) in [6.07, 6.45) is 8.61. The van der Waals surface area contributed by atoms with E-state index >= 15 is 0 Å². The Balaban J connectivity index is 2.41. The zero-order valence-electron chi connectivity index (χ0n) is 9.90. The molecule has 3 unspecified atom stereocenters. The zero-order chi connectivity index (χ0) is 9.90. The Kier molecular flexibility index (Phi) is 3.82. The van der Waals surface area contributed by atoms with Gasteiger partial charge in [0.1, 0.15) is 0 Å². The zero-order valence-corrected chi connectivity index (χ0v) is 9.90. The topological polar surface area (TPSA) is 0 Å². The van der Waals surface area contributed by atoms with E-state index in [1.54, 1.807) is 0 Å². The van der Waals surface area contributed by atoms with Gasteiger partial charge in [-0.15, -0.1) is 0 Å². The maximum Gasteiger partial charge on any atom is -0.0243 e. The minimum absolute atomic E-state index is 0.770. The largest absolute Gasteiger partial charge is 0.0654 e. The molecule has 1 aliphatic carbocycles. The van der Waals surface area contributed by atoms with Crippen LogP contribution in [-0.2, 0) is 0 Å². The van der Waals surface area contributed by atoms with E-state index < -0.39 is 0 Å². The van der Waals surface area contributed by atoms with Gasteiger partial charge in [0.15, 0.2) is 0 Å². The summed E-state index contributed by atoms with van der Waals surface area (Å²) in [4.78, 5) is 0. The molecule has 0 aromatic rings. The summed E-state index contributed by atoms with van der Waals surface area (Å²) in [5.41, 5.74) is 0.770. The fraction of sp³-hybridized carbons (Fsp3) is 1.00. The van der Waals surface area contributed by atoms with Crippen molar-refractivity contribution >= 4 is 0 Å². The summed E-state index contributed by atoms with van der Waals surface area (Å²) in [6.45, 7) is 9.55. The summed E-state index contributed by atoms with van der Waals surface area (Å²) in [5.74, 6) is 1.99. The van der Waals surface area contributed by atoms with Crippen LogP contribution < -0.4 is 0 Å². The molecule has 0 heteroatoms. The van der Waals surface area contributed by atoms with Gasteiger partial charge in [0.05, 0.1) is 0 Å². The van der Waals surface area contributed by atoms with Crippen LogP contribution in [0.5, 0.6) is 0 Å². The SMILES string of the molecule is CCCCC1(C(C)CCC)CC1C. The van der Waals surface area contributed by atoms with Crippen molar-refractivity contribution in [1.29, 1.82) is 0 Å². The van der Waals surface area contributed by atoms with Crippen molar-refractivity contribution in [3.8, 4) is 0 Å². The Morgan fingerprint density at radius 1 is 1.31 bits per heavy atom. The number of unbranched alkanes of at least 4 members (excludes halogenated alkanes) is 1. The molecular weight excluding hydrogens is 156 g/mol. The normalized spacial score (nSPS) is 34.6. The van der Waals surface area contributed by atoms with Gasteiger partial charge < -0.3 is 0 Å². The number of hydrogen-bond acceptors (Lipinski definition) is 0. The average molecular weight is 182 g/mol. The summed E-state index contributed by atoms with van der Waals surface area (Å²) in [5, 5.41) is 0. The van der Waals surface area contributed by atoms with Gasteiger partial charge in [-0.2, -0.15) is 0 Å². The molecule has 0 aliphatic heterocycles. The second-order valence-corrected chi connectivity index (χ2v) is 5.13. The standard InChI is InChI=1S/C13H26/c1-5-7-9-13(10-12(13)4)11(3)8-6-2/h11-12H,5-10H2,1-4H3. The van der Waals surface area contributed by atoms with Crippen LogP contribution >= 0.6 is 0 Å². The van der Waals surface area contributed by atoms with Crippen molar-refractivity contribution in [3.63, 3.8) is 0 Å². The molecule has 3 atom stereocenters. The van der Waals surface area contributed by atoms with Crippen molar-refractivity contribution in [3.05, 3.63) is 0 Å². The molecule has 1 aliphatic rings. The minimum Gasteiger partial charge on any atom is -0.0654 e. The van der Waals surface area contributed by atoms with Crippen LogP contribution in [0.4, 0.5) is 0 Å². The van der Waals surface area contributed by atoms with Gasteiger partial charge in [0.25, 0.3) is 0 Å². The molecule has 0 heterocycles. The highest BCUT2D eigenvalue weighted by Crippen LogP contribution is 2.61. The summed E-state index contributed by atoms with van der Waals surface area (Å²) < 4.78 is 0. The average Bonchev–Trinajstić information content (AvgIpc) is 2.75. The molecule has 0 radical (unpaired) electrons. The van der Waals surface area contributed by atoms with E-state index in [1.165, 1.54) is 38.5 Å². The van der Waals surface area contributed by atoms with Crippen LogP contribution in [0.25, 0.3) is 0 Å². The fourth-order valence-corrected chi connectivity index (χ4v) is 3.02. The predicted octanol–water partition coefficient (Wildman–Crippen LogP) is 4.64. The molecule has 0 amide bonds. The van der Waals surface area contributed by atoms with E-state index in [4.69, 9.17) is 0 Å². The fourth-order valence-electron chi connectivity index (χ4n) is 3.02. The Morgan fingerprint density at radius 3 is 2.31 bits per heavy atom. The summed E-state index contributed by atoms with van der Waals surface area (Å²) >= 11 is 0. The maximum absolute atomic E-state index is 2.47. The van der Waals surface area contributed by atoms with Crippen LogP contribution in [0.3, 0.4) is 0 Å². The molecule has 0 N–H and O–H groups in total. The third-order valence-electron chi connectivity index (χ3n) is 4.21. The number of hydrogen-bond donors (Lipinski definition) is 0. The van der Waals surface area contributed by atoms with Crippen molar-refractivity contribution in [2.24, 2.45) is 17.3 Å². The van der Waals surface area contributed by atoms with E-state index in [1.807, 2.05) is 0 Å². The molecule has 78 valence electrons. The van der Waals surface area contributed by atoms with E-state index in [2.05, 4.69) is 27.7 Å². The minimum atomic E-state index is 0.770. The maximum atomic E-state index is 2.47. The smallest absolute Gasteiger partial charge is 0.0243 e. The van der Waals surface area contributed by atoms with Crippen LogP contribution in [0.1, 0.15) is 66.2 Å². The monoisotopic (exact) mass is 182 g/mol. The summed E-state index contributed by atoms with van der Waals surface area (Å²) in [6, 6.07) is 0. The number of rotatable bonds is 6. The molecule has 1 rings (SSSR count). The van der Waals surface area contributed by atoms with Crippen molar-refractivity contribution < 1.29 is 0 Å². The van der Waals surface area contributed by atoms with Crippen LogP contribution in [0, 0.1) is 17.3 Å². The van der Waals surface area contributed by atoms with Gasteiger partial charge >= 0.3 is 0 Å². The lowest BCUT2D eigenvalue weighted by Crippen LogP contribution is -2.14. The van der Waals surface area contributed by atoms with E-state index in [9.17, 15) is 0 Å². The van der Waals surface area contributed by atoms with Crippen molar-refractivity contribution in [2.45, 2.75) is 66.2 Å². The van der Waals surface area contributed by atoms with Crippen LogP contribution in [0.2, 0.25) is 0 Å². The van der Waals surface area contributed by atoms with Gasteiger partial charge in [-0.25, -0.2) is 0 Å². The second kappa shape index (κ2) is 4.48. The highest BCUT2D eigenvalue weighted by Gasteiger charge is 2.52. The first kappa shape index (κ1) is 11.1. The molecule has 0 aromatic carbocycles. The Morgan fingerprint density at radius 2 is 1.92 bits per heavy atom. The molecule has 1 saturated carbocycles. The van der Waals surface area contributed by atoms with Crippen molar-refractivity contribution in [2.75, 3.05) is 0 Å². The van der Waals surface area contributed by atoms with Gasteiger partial charge in [-0.3, -0.25) is 0 Å². The van der Waals surface area contributed by atoms with Gasteiger partial charge in [0.2, 0.25) is 0 Å². The van der Waals surface area contributed by atoms with Crippen LogP contribution in [-0.4, -0.2) is 0 Å². The predicted molar refractivity (Wildman–Crippen MR) is 59.8 cm³/mol. The highest BCUT2D eigenvalue weighted by molar-refractivity contribution is 5.02. The molecule has 13 heavy (non-hydrogen) atoms. The van der Waals surface area contributed by atoms with Gasteiger partial charge in [-0.1, -0.05) is 53.4 Å². The van der Waals surface area contributed by atoms with E-state index in [0.717, 1.165) is 17.3 Å². The second-order valence-electron chi connectivity index (χ2n) is 5.13. The Bertz CT molecular complexity index is 150. The summed E-state index contributed by atoms with van der Waals surface area (Å²) in [7, 11) is 0. The van der Waals surface area contributed by atoms with E-state index in [0.29, 0.717) is 0 Å². The van der Waals surface area contributed by atoms with E-state index in [-0.39, 0.29) is 0 Å². The van der Waals surface area contributed by atoms with Crippen molar-refractivity contribution in [1.82, 2.24) is 0 Å².